The van der Waals surface area contributed by atoms with Crippen molar-refractivity contribution in [3.63, 3.8) is 0 Å². The highest BCUT2D eigenvalue weighted by atomic mass is 16.6. The highest BCUT2D eigenvalue weighted by Crippen LogP contribution is 2.48. The zero-order valence-electron chi connectivity index (χ0n) is 30.3. The van der Waals surface area contributed by atoms with Gasteiger partial charge < -0.3 is 14.7 Å². The summed E-state index contributed by atoms with van der Waals surface area (Å²) in [5.41, 5.74) is 15.8. The third-order valence-corrected chi connectivity index (χ3v) is 10.8. The zero-order chi connectivity index (χ0) is 38.0. The Morgan fingerprint density at radius 3 is 1.07 bits per heavy atom. The Balaban J connectivity index is 1.39. The molecule has 6 heterocycles. The number of aromatic amines is 2. The van der Waals surface area contributed by atoms with Gasteiger partial charge in [0, 0.05) is 55.4 Å². The van der Waals surface area contributed by atoms with Crippen LogP contribution in [0.15, 0.2) is 158 Å². The van der Waals surface area contributed by atoms with E-state index in [0.717, 1.165) is 89.1 Å². The highest BCUT2D eigenvalue weighted by molar-refractivity contribution is 6.17. The molecule has 8 aromatic rings. The van der Waals surface area contributed by atoms with Crippen LogP contribution in [0.2, 0.25) is 0 Å². The monoisotopic (exact) mass is 734 g/mol. The molecule has 2 N–H and O–H groups in total. The minimum absolute atomic E-state index is 0.223. The number of ether oxygens (including phenoxy) is 1. The molecule has 3 aromatic heterocycles. The molecule has 7 nitrogen and oxygen atoms in total. The maximum atomic E-state index is 13.1. The van der Waals surface area contributed by atoms with E-state index in [9.17, 15) is 9.59 Å². The molecule has 0 saturated heterocycles. The number of rotatable bonds is 4. The van der Waals surface area contributed by atoms with E-state index in [1.54, 1.807) is 12.1 Å². The molecule has 7 heteroatoms. The summed E-state index contributed by atoms with van der Waals surface area (Å²) in [7, 11) is 0. The van der Waals surface area contributed by atoms with Crippen LogP contribution in [0, 0.1) is 0 Å². The number of hydrogen-bond donors (Lipinski definition) is 2. The molecule has 0 aliphatic carbocycles. The first-order chi connectivity index (χ1) is 28.1. The molecule has 0 saturated carbocycles. The second-order valence-electron chi connectivity index (χ2n) is 14.2. The normalized spacial score (nSPS) is 12.7. The lowest BCUT2D eigenvalue weighted by atomic mass is 9.92. The summed E-state index contributed by atoms with van der Waals surface area (Å²) in [4.78, 5) is 44.7. The lowest BCUT2D eigenvalue weighted by molar-refractivity contribution is 0.0443. The molecule has 0 atom stereocenters. The zero-order valence-corrected chi connectivity index (χ0v) is 30.3. The summed E-state index contributed by atoms with van der Waals surface area (Å²) in [5.74, 6) is -1.33. The fraction of sp³-hybridized carbons (Fsp3) is 0. The maximum Gasteiger partial charge on any atom is 0.346 e. The summed E-state index contributed by atoms with van der Waals surface area (Å²) in [6.45, 7) is 0. The summed E-state index contributed by atoms with van der Waals surface area (Å²) >= 11 is 0. The van der Waals surface area contributed by atoms with Crippen molar-refractivity contribution in [2.24, 2.45) is 0 Å². The first kappa shape index (κ1) is 32.5. The number of H-pyrrole nitrogens is 2. The molecule has 57 heavy (non-hydrogen) atoms. The number of nitrogens with zero attached hydrogens (tertiary/aromatic N) is 2. The van der Waals surface area contributed by atoms with Crippen LogP contribution in [0.25, 0.3) is 101 Å². The Kier molecular flexibility index (Phi) is 7.34. The van der Waals surface area contributed by atoms with Crippen molar-refractivity contribution in [3.8, 4) is 67.0 Å². The lowest BCUT2D eigenvalue weighted by Gasteiger charge is -2.09. The number of esters is 2. The van der Waals surface area contributed by atoms with Crippen molar-refractivity contribution in [3.05, 3.63) is 180 Å². The van der Waals surface area contributed by atoms with Crippen LogP contribution in [0.3, 0.4) is 0 Å². The minimum Gasteiger partial charge on any atom is -0.386 e. The van der Waals surface area contributed by atoms with Gasteiger partial charge in [0.05, 0.1) is 33.9 Å². The van der Waals surface area contributed by atoms with Crippen molar-refractivity contribution in [2.45, 2.75) is 0 Å². The summed E-state index contributed by atoms with van der Waals surface area (Å²) < 4.78 is 5.15. The minimum atomic E-state index is -0.666. The third-order valence-electron chi connectivity index (χ3n) is 10.8. The second-order valence-corrected chi connectivity index (χ2v) is 14.2. The van der Waals surface area contributed by atoms with E-state index < -0.39 is 11.9 Å². The van der Waals surface area contributed by atoms with E-state index in [4.69, 9.17) is 14.7 Å². The first-order valence-corrected chi connectivity index (χ1v) is 18.7. The number of fused-ring (bicyclic) bond motifs is 12. The van der Waals surface area contributed by atoms with Gasteiger partial charge in [-0.25, -0.2) is 19.6 Å². The average Bonchev–Trinajstić information content (AvgIpc) is 4.11. The van der Waals surface area contributed by atoms with Gasteiger partial charge in [0.2, 0.25) is 0 Å². The van der Waals surface area contributed by atoms with E-state index in [0.29, 0.717) is 11.4 Å². The van der Waals surface area contributed by atoms with Gasteiger partial charge in [-0.1, -0.05) is 121 Å². The molecule has 8 bridgehead atoms. The van der Waals surface area contributed by atoms with Crippen molar-refractivity contribution < 1.29 is 14.3 Å². The topological polar surface area (TPSA) is 101 Å². The van der Waals surface area contributed by atoms with Crippen LogP contribution < -0.4 is 0 Å². The molecule has 3 aliphatic rings. The summed E-state index contributed by atoms with van der Waals surface area (Å²) in [5, 5.41) is 0. The Hall–Kier alpha value is -7.90. The van der Waals surface area contributed by atoms with Crippen molar-refractivity contribution >= 4 is 46.2 Å². The number of cyclic esters (lactones) is 2. The molecule has 0 unspecified atom stereocenters. The van der Waals surface area contributed by atoms with Gasteiger partial charge in [0.15, 0.2) is 0 Å². The molecule has 3 aliphatic heterocycles. The molecule has 0 radical (unpaired) electrons. The second kappa shape index (κ2) is 12.9. The Bertz CT molecular complexity index is 2960. The molecule has 11 rings (SSSR count). The number of nitrogens with one attached hydrogen (secondary N) is 2. The summed E-state index contributed by atoms with van der Waals surface area (Å²) in [6, 6.07) is 52.7. The van der Waals surface area contributed by atoms with Crippen molar-refractivity contribution in [2.75, 3.05) is 0 Å². The maximum absolute atomic E-state index is 13.1. The SMILES string of the molecule is O=C1OC(=O)c2cc3c(cc21)-c1nc-3c(-c2ccccc2)c2ccc([nH]2)c(-c2ccccc2)c2nc(c(-c3ccccc3)c3ccc([nH]3)c1-c1ccccc1)C=C2. The molecule has 0 fully saturated rings. The van der Waals surface area contributed by atoms with E-state index in [-0.39, 0.29) is 11.1 Å². The molecule has 0 amide bonds. The van der Waals surface area contributed by atoms with Gasteiger partial charge in [-0.3, -0.25) is 0 Å². The molecular weight excluding hydrogens is 705 g/mol. The molecule has 268 valence electrons. The van der Waals surface area contributed by atoms with E-state index >= 15 is 0 Å². The van der Waals surface area contributed by atoms with Crippen molar-refractivity contribution in [1.82, 2.24) is 19.9 Å². The number of carbonyl (C=O) groups excluding carboxylic acids is 2. The Morgan fingerprint density at radius 1 is 0.368 bits per heavy atom. The Labute approximate surface area is 326 Å². The van der Waals surface area contributed by atoms with Crippen LogP contribution in [-0.4, -0.2) is 31.9 Å². The number of benzene rings is 5. The molecular formula is C50H30N4O3. The predicted octanol–water partition coefficient (Wildman–Crippen LogP) is 11.8. The number of carbonyl (C=O) groups is 2. The van der Waals surface area contributed by atoms with Gasteiger partial charge in [0.25, 0.3) is 0 Å². The van der Waals surface area contributed by atoms with E-state index in [1.165, 1.54) is 0 Å². The van der Waals surface area contributed by atoms with Gasteiger partial charge in [-0.2, -0.15) is 0 Å². The number of hydrogen-bond acceptors (Lipinski definition) is 5. The summed E-state index contributed by atoms with van der Waals surface area (Å²) in [6.07, 6.45) is 4.18. The van der Waals surface area contributed by atoms with Crippen LogP contribution in [0.5, 0.6) is 0 Å². The third kappa shape index (κ3) is 5.28. The van der Waals surface area contributed by atoms with Gasteiger partial charge in [-0.05, 0) is 70.8 Å². The fourth-order valence-electron chi connectivity index (χ4n) is 8.29. The molecule has 0 spiro atoms. The predicted molar refractivity (Wildman–Crippen MR) is 226 cm³/mol. The smallest absolute Gasteiger partial charge is 0.346 e. The largest absolute Gasteiger partial charge is 0.386 e. The van der Waals surface area contributed by atoms with Crippen LogP contribution >= 0.6 is 0 Å². The fourth-order valence-corrected chi connectivity index (χ4v) is 8.29. The highest BCUT2D eigenvalue weighted by Gasteiger charge is 2.35. The van der Waals surface area contributed by atoms with E-state index in [1.807, 2.05) is 72.8 Å². The van der Waals surface area contributed by atoms with Gasteiger partial charge in [0.1, 0.15) is 0 Å². The standard InChI is InChI=1S/C50H30N4O3/c55-49-35-27-33-34(28-36(35)50(56)57-49)48-46(32-19-11-4-12-20-32)42-26-24-40(53-42)44(30-15-7-2-8-16-30)38-22-21-37(51-38)43(29-13-5-1-6-14-29)39-23-25-41(52-39)45(47(33)54-48)31-17-9-3-10-18-31/h1-28,52-53H. The van der Waals surface area contributed by atoms with Gasteiger partial charge in [-0.15, -0.1) is 0 Å². The molecule has 5 aromatic carbocycles. The quantitative estimate of drug-likeness (QED) is 0.138. The van der Waals surface area contributed by atoms with Crippen LogP contribution in [0.1, 0.15) is 32.1 Å². The van der Waals surface area contributed by atoms with Crippen LogP contribution in [-0.2, 0) is 4.74 Å². The average molecular weight is 735 g/mol. The Morgan fingerprint density at radius 2 is 0.702 bits per heavy atom. The van der Waals surface area contributed by atoms with Crippen LogP contribution in [0.4, 0.5) is 0 Å². The van der Waals surface area contributed by atoms with E-state index in [2.05, 4.69) is 94.9 Å². The lowest BCUT2D eigenvalue weighted by Crippen LogP contribution is -1.97. The van der Waals surface area contributed by atoms with Crippen molar-refractivity contribution in [1.29, 1.82) is 0 Å². The number of aromatic nitrogens is 4. The first-order valence-electron chi connectivity index (χ1n) is 18.7. The van der Waals surface area contributed by atoms with Gasteiger partial charge >= 0.3 is 11.9 Å².